The van der Waals surface area contributed by atoms with Gasteiger partial charge < -0.3 is 14.4 Å². The summed E-state index contributed by atoms with van der Waals surface area (Å²) in [6.07, 6.45) is 1.36. The molecule has 0 aliphatic carbocycles. The molecule has 0 fully saturated rings. The van der Waals surface area contributed by atoms with Crippen LogP contribution in [0.5, 0.6) is 0 Å². The third-order valence-corrected chi connectivity index (χ3v) is 13.3. The molecule has 0 N–H and O–H groups in total. The predicted molar refractivity (Wildman–Crippen MR) is 271 cm³/mol. The summed E-state index contributed by atoms with van der Waals surface area (Å²) < 4.78 is 97.0. The van der Waals surface area contributed by atoms with Crippen molar-refractivity contribution in [3.63, 3.8) is 0 Å². The minimum atomic E-state index is -2.51. The van der Waals surface area contributed by atoms with E-state index in [0.29, 0.717) is 50.4 Å². The fourth-order valence-corrected chi connectivity index (χ4v) is 9.25. The van der Waals surface area contributed by atoms with Crippen LogP contribution in [-0.2, 0) is 26.5 Å². The molecule has 3 aromatic heterocycles. The number of benzene rings is 7. The molecule has 3 heterocycles. The first kappa shape index (κ1) is 32.6. The maximum absolute atomic E-state index is 8.39. The van der Waals surface area contributed by atoms with Crippen molar-refractivity contribution < 1.29 is 39.6 Å². The van der Waals surface area contributed by atoms with Crippen molar-refractivity contribution in [2.24, 2.45) is 5.41 Å². The van der Waals surface area contributed by atoms with Crippen LogP contribution in [0.3, 0.4) is 0 Å². The van der Waals surface area contributed by atoms with E-state index in [2.05, 4.69) is 78.1 Å². The average molecular weight is 1040 g/mol. The fraction of sp³-hybridized carbons (Fsp3) is 0.186. The van der Waals surface area contributed by atoms with E-state index < -0.39 is 40.4 Å². The van der Waals surface area contributed by atoms with Crippen LogP contribution in [0.4, 0.5) is 0 Å². The Hall–Kier alpha value is -5.97. The van der Waals surface area contributed by atoms with Crippen LogP contribution >= 0.6 is 0 Å². The number of furan rings is 1. The van der Waals surface area contributed by atoms with Crippen molar-refractivity contribution in [2.75, 3.05) is 0 Å². The minimum Gasteiger partial charge on any atom is -0.500 e. The molecule has 321 valence electrons. The van der Waals surface area contributed by atoms with Crippen LogP contribution in [0.25, 0.3) is 88.3 Å². The summed E-state index contributed by atoms with van der Waals surface area (Å²) >= 11 is 0. The van der Waals surface area contributed by atoms with E-state index in [1.165, 1.54) is 12.3 Å². The quantitative estimate of drug-likeness (QED) is 0.0946. The van der Waals surface area contributed by atoms with Gasteiger partial charge in [0.2, 0.25) is 0 Å². The first-order valence-corrected chi connectivity index (χ1v) is 24.6. The molecule has 7 aromatic carbocycles. The molecule has 3 nitrogen and oxygen atoms in total. The van der Waals surface area contributed by atoms with Crippen molar-refractivity contribution in [3.8, 4) is 44.8 Å². The fourth-order valence-electron chi connectivity index (χ4n) is 8.09. The second-order valence-corrected chi connectivity index (χ2v) is 23.1. The van der Waals surface area contributed by atoms with Crippen LogP contribution in [0, 0.1) is 38.1 Å². The Kier molecular flexibility index (Phi) is 9.13. The molecule has 0 spiro atoms. The molecule has 0 saturated carbocycles. The summed E-state index contributed by atoms with van der Waals surface area (Å²) in [5.41, 5.74) is 6.07. The minimum absolute atomic E-state index is 0. The van der Waals surface area contributed by atoms with Crippen LogP contribution in [0.2, 0.25) is 19.6 Å². The average Bonchev–Trinajstić information content (AvgIpc) is 3.74. The van der Waals surface area contributed by atoms with Crippen molar-refractivity contribution in [1.82, 2.24) is 9.97 Å². The largest absolute Gasteiger partial charge is 0.500 e. The predicted octanol–water partition coefficient (Wildman–Crippen LogP) is 15.7. The van der Waals surface area contributed by atoms with Gasteiger partial charge in [0.15, 0.2) is 0 Å². The monoisotopic (exact) mass is 1040 g/mol. The Bertz CT molecular complexity index is 3740. The molecule has 0 aliphatic rings. The van der Waals surface area contributed by atoms with Gasteiger partial charge in [-0.25, -0.2) is 0 Å². The summed E-state index contributed by atoms with van der Waals surface area (Å²) in [7, 11) is -1.86. The Labute approximate surface area is 408 Å². The number of rotatable bonds is 6. The number of nitrogens with zero attached hydrogens (tertiary/aromatic N) is 2. The number of aryl methyl sites for hydroxylation is 3. The Morgan fingerprint density at radius 2 is 1.36 bits per heavy atom. The topological polar surface area (TPSA) is 38.9 Å². The summed E-state index contributed by atoms with van der Waals surface area (Å²) in [5.74, 6) is 0. The summed E-state index contributed by atoms with van der Waals surface area (Å²) in [6, 6.07) is 49.9. The zero-order valence-corrected chi connectivity index (χ0v) is 40.0. The maximum atomic E-state index is 8.39. The van der Waals surface area contributed by atoms with Gasteiger partial charge in [-0.1, -0.05) is 184 Å². The van der Waals surface area contributed by atoms with Crippen molar-refractivity contribution in [3.05, 3.63) is 186 Å². The first-order chi connectivity index (χ1) is 34.6. The number of hydrogen-bond donors (Lipinski definition) is 0. The smallest absolute Gasteiger partial charge is 0.129 e. The third-order valence-electron chi connectivity index (χ3n) is 11.2. The van der Waals surface area contributed by atoms with Crippen LogP contribution < -0.4 is 5.19 Å². The van der Waals surface area contributed by atoms with Gasteiger partial charge in [-0.2, -0.15) is 0 Å². The molecular weight excluding hydrogens is 973 g/mol. The summed E-state index contributed by atoms with van der Waals surface area (Å²) in [4.78, 5) is 9.04. The van der Waals surface area contributed by atoms with Gasteiger partial charge in [0.1, 0.15) is 5.58 Å². The van der Waals surface area contributed by atoms with E-state index in [1.807, 2.05) is 81.4 Å². The molecular formula is C59H54IrN2OSi-2. The first-order valence-electron chi connectivity index (χ1n) is 26.6. The second kappa shape index (κ2) is 17.9. The molecule has 0 bridgehead atoms. The van der Waals surface area contributed by atoms with Gasteiger partial charge in [0.25, 0.3) is 0 Å². The van der Waals surface area contributed by atoms with E-state index in [4.69, 9.17) is 19.5 Å². The number of aromatic nitrogens is 2. The van der Waals surface area contributed by atoms with Crippen LogP contribution in [0.1, 0.15) is 58.1 Å². The van der Waals surface area contributed by atoms with Crippen molar-refractivity contribution in [2.45, 2.75) is 67.3 Å². The van der Waals surface area contributed by atoms with E-state index in [0.717, 1.165) is 48.7 Å². The molecule has 0 unspecified atom stereocenters. The van der Waals surface area contributed by atoms with Crippen molar-refractivity contribution in [1.29, 1.82) is 0 Å². The maximum Gasteiger partial charge on any atom is 0.129 e. The van der Waals surface area contributed by atoms with E-state index in [-0.39, 0.29) is 36.8 Å². The standard InChI is InChI=1S/C36H30NOSi.C23H24N.Ir/c1-22-19-26(39(3,4)5)16-18-27(22)32-20-33(37-21-23(32)2)31-12-8-11-29-30-17-15-25-14-13-24-9-6-7-10-28(24)34(25)36(30)38-35(29)31;1-17-10-12-20(14-21(17)19-8-6-5-7-9-19)22-13-11-18(16-24-22)15-23(2,3)4;/h6-11,13-21H,1-5H3;5-11,13-14,16H,15H2,1-4H3;/q2*-1;/i1D3,2D3;1D3,15D2;. The molecule has 0 saturated heterocycles. The molecule has 1 radical (unpaired) electrons. The van der Waals surface area contributed by atoms with Gasteiger partial charge in [-0.15, -0.1) is 47.5 Å². The van der Waals surface area contributed by atoms with Crippen LogP contribution in [0.15, 0.2) is 156 Å². The number of fused-ring (bicyclic) bond motifs is 7. The summed E-state index contributed by atoms with van der Waals surface area (Å²) in [6.45, 7) is 4.81. The number of pyridine rings is 2. The third kappa shape index (κ3) is 9.03. The van der Waals surface area contributed by atoms with Gasteiger partial charge >= 0.3 is 0 Å². The second-order valence-electron chi connectivity index (χ2n) is 18.0. The van der Waals surface area contributed by atoms with Crippen LogP contribution in [-0.4, -0.2) is 18.0 Å². The molecule has 5 heteroatoms. The summed E-state index contributed by atoms with van der Waals surface area (Å²) in [5, 5.41) is 7.11. The van der Waals surface area contributed by atoms with E-state index >= 15 is 0 Å². The van der Waals surface area contributed by atoms with Gasteiger partial charge in [0, 0.05) is 58.3 Å². The molecule has 10 aromatic rings. The van der Waals surface area contributed by atoms with Gasteiger partial charge in [0.05, 0.1) is 13.7 Å². The molecule has 0 atom stereocenters. The Morgan fingerprint density at radius 3 is 2.11 bits per heavy atom. The molecule has 0 aliphatic heterocycles. The zero-order valence-electron chi connectivity index (χ0n) is 47.6. The SMILES string of the molecule is [2H]C([2H])([2H])c1c[c-]c(-c2ccc(C([2H])([2H])C(C)(C)C)cn2)cc1-c1ccccc1.[2H]C([2H])([2H])c1cnc(-c2[c-]ccc3c2oc2c3ccc3ccc4ccccc4c32)cc1-c1ccc([Si](C)(C)C)cc1C([2H])([2H])[2H].[Ir]. The van der Waals surface area contributed by atoms with Gasteiger partial charge in [-0.05, 0) is 86.4 Å². The van der Waals surface area contributed by atoms with E-state index in [9.17, 15) is 0 Å². The van der Waals surface area contributed by atoms with Crippen molar-refractivity contribution >= 4 is 56.7 Å². The van der Waals surface area contributed by atoms with E-state index in [1.54, 1.807) is 42.6 Å². The Balaban J connectivity index is 0.000000216. The van der Waals surface area contributed by atoms with Gasteiger partial charge in [-0.3, -0.25) is 0 Å². The zero-order chi connectivity index (χ0) is 53.3. The number of hydrogen-bond acceptors (Lipinski definition) is 3. The normalized spacial score (nSPS) is 15.1. The molecule has 0 amide bonds. The molecule has 10 rings (SSSR count). The molecule has 64 heavy (non-hydrogen) atoms. The Morgan fingerprint density at radius 1 is 0.625 bits per heavy atom.